The van der Waals surface area contributed by atoms with Crippen molar-refractivity contribution in [3.05, 3.63) is 52.0 Å². The van der Waals surface area contributed by atoms with Crippen LogP contribution in [0.1, 0.15) is 23.7 Å². The number of thioether (sulfide) groups is 1. The van der Waals surface area contributed by atoms with Gasteiger partial charge in [-0.2, -0.15) is 0 Å². The number of aromatic nitrogens is 1. The second kappa shape index (κ2) is 5.74. The third-order valence-corrected chi connectivity index (χ3v) is 5.01. The molecule has 20 heavy (non-hydrogen) atoms. The van der Waals surface area contributed by atoms with Crippen molar-refractivity contribution in [3.63, 3.8) is 0 Å². The lowest BCUT2D eigenvalue weighted by Crippen LogP contribution is -2.17. The predicted molar refractivity (Wildman–Crippen MR) is 84.8 cm³/mol. The number of nitrogens with zero attached hydrogens (tertiary/aromatic N) is 1. The number of pyridine rings is 1. The van der Waals surface area contributed by atoms with Crippen LogP contribution >= 0.6 is 27.7 Å². The zero-order valence-corrected chi connectivity index (χ0v) is 13.4. The molecule has 0 aliphatic carbocycles. The molecule has 2 aromatic rings. The maximum absolute atomic E-state index is 13.8. The first kappa shape index (κ1) is 13.9. The first-order valence-electron chi connectivity index (χ1n) is 6.46. The fraction of sp³-hybridized carbons (Fsp3) is 0.267. The van der Waals surface area contributed by atoms with Crippen molar-refractivity contribution >= 4 is 33.4 Å². The Bertz CT molecular complexity index is 648. The van der Waals surface area contributed by atoms with Crippen molar-refractivity contribution in [3.8, 4) is 0 Å². The zero-order valence-electron chi connectivity index (χ0n) is 11.0. The van der Waals surface area contributed by atoms with E-state index in [9.17, 15) is 4.39 Å². The van der Waals surface area contributed by atoms with Crippen LogP contribution < -0.4 is 5.32 Å². The average molecular weight is 353 g/mol. The fourth-order valence-corrected chi connectivity index (χ4v) is 3.95. The zero-order chi connectivity index (χ0) is 14.1. The van der Waals surface area contributed by atoms with Crippen LogP contribution in [-0.2, 0) is 0 Å². The van der Waals surface area contributed by atoms with Crippen molar-refractivity contribution in [2.45, 2.75) is 24.3 Å². The number of nitrogens with one attached hydrogen (secondary N) is 1. The van der Waals surface area contributed by atoms with Gasteiger partial charge in [-0.15, -0.1) is 11.8 Å². The van der Waals surface area contributed by atoms with Crippen LogP contribution in [0.5, 0.6) is 0 Å². The molecule has 0 spiro atoms. The largest absolute Gasteiger partial charge is 0.377 e. The van der Waals surface area contributed by atoms with Crippen LogP contribution in [0.4, 0.5) is 10.1 Å². The Kier molecular flexibility index (Phi) is 3.98. The van der Waals surface area contributed by atoms with Crippen LogP contribution in [-0.4, -0.2) is 10.7 Å². The van der Waals surface area contributed by atoms with E-state index in [0.29, 0.717) is 0 Å². The molecule has 2 nitrogen and oxygen atoms in total. The summed E-state index contributed by atoms with van der Waals surface area (Å²) in [5.74, 6) is 0.805. The van der Waals surface area contributed by atoms with Gasteiger partial charge in [0, 0.05) is 10.6 Å². The van der Waals surface area contributed by atoms with E-state index in [1.807, 2.05) is 25.1 Å². The fourth-order valence-electron chi connectivity index (χ4n) is 2.41. The highest BCUT2D eigenvalue weighted by Crippen LogP contribution is 2.39. The van der Waals surface area contributed by atoms with E-state index >= 15 is 0 Å². The number of aryl methyl sites for hydroxylation is 1. The molecule has 1 aromatic carbocycles. The molecule has 0 bridgehead atoms. The summed E-state index contributed by atoms with van der Waals surface area (Å²) in [6.07, 6.45) is 0.983. The molecule has 1 aliphatic heterocycles. The van der Waals surface area contributed by atoms with Gasteiger partial charge in [0.15, 0.2) is 0 Å². The minimum atomic E-state index is -0.121. The van der Waals surface area contributed by atoms with Crippen LogP contribution in [0.3, 0.4) is 0 Å². The summed E-state index contributed by atoms with van der Waals surface area (Å²) in [5.41, 5.74) is 2.99. The van der Waals surface area contributed by atoms with E-state index in [1.165, 1.54) is 6.07 Å². The molecule has 0 radical (unpaired) electrons. The van der Waals surface area contributed by atoms with Gasteiger partial charge in [0.05, 0.1) is 17.4 Å². The normalized spacial score (nSPS) is 17.6. The summed E-state index contributed by atoms with van der Waals surface area (Å²) in [4.78, 5) is 5.16. The number of rotatable bonds is 2. The van der Waals surface area contributed by atoms with Crippen LogP contribution in [0.25, 0.3) is 0 Å². The minimum absolute atomic E-state index is 0.121. The summed E-state index contributed by atoms with van der Waals surface area (Å²) >= 11 is 4.96. The van der Waals surface area contributed by atoms with E-state index < -0.39 is 0 Å². The van der Waals surface area contributed by atoms with Crippen LogP contribution in [0.15, 0.2) is 39.8 Å². The lowest BCUT2D eigenvalue weighted by Gasteiger charge is -2.27. The maximum atomic E-state index is 13.8. The number of halogens is 2. The van der Waals surface area contributed by atoms with Gasteiger partial charge in [0.25, 0.3) is 0 Å². The Labute approximate surface area is 130 Å². The molecular formula is C15H14BrFN2S. The molecule has 1 unspecified atom stereocenters. The topological polar surface area (TPSA) is 24.9 Å². The van der Waals surface area contributed by atoms with Gasteiger partial charge in [0.1, 0.15) is 10.4 Å². The molecule has 104 valence electrons. The van der Waals surface area contributed by atoms with Gasteiger partial charge < -0.3 is 5.32 Å². The van der Waals surface area contributed by atoms with Crippen molar-refractivity contribution in [1.82, 2.24) is 4.98 Å². The highest BCUT2D eigenvalue weighted by atomic mass is 79.9. The number of anilines is 1. The third-order valence-electron chi connectivity index (χ3n) is 3.41. The van der Waals surface area contributed by atoms with Crippen molar-refractivity contribution in [1.29, 1.82) is 0 Å². The molecule has 1 aliphatic rings. The number of fused-ring (bicyclic) bond motifs is 1. The summed E-state index contributed by atoms with van der Waals surface area (Å²) in [6, 6.07) is 9.38. The molecular weight excluding hydrogens is 339 g/mol. The average Bonchev–Trinajstić information content (AvgIpc) is 2.43. The lowest BCUT2D eigenvalue weighted by atomic mass is 10.0. The maximum Gasteiger partial charge on any atom is 0.137 e. The Morgan fingerprint density at radius 1 is 1.35 bits per heavy atom. The monoisotopic (exact) mass is 352 g/mol. The molecule has 0 saturated heterocycles. The van der Waals surface area contributed by atoms with Gasteiger partial charge in [-0.25, -0.2) is 9.37 Å². The SMILES string of the molecule is Cc1nc(Br)ccc1NC1CCSc2c(F)cccc21. The highest BCUT2D eigenvalue weighted by molar-refractivity contribution is 9.10. The van der Waals surface area contributed by atoms with E-state index in [1.54, 1.807) is 17.8 Å². The lowest BCUT2D eigenvalue weighted by molar-refractivity contribution is 0.585. The van der Waals surface area contributed by atoms with Crippen molar-refractivity contribution < 1.29 is 4.39 Å². The molecule has 0 fully saturated rings. The third kappa shape index (κ3) is 2.69. The minimum Gasteiger partial charge on any atom is -0.377 e. The van der Waals surface area contributed by atoms with Gasteiger partial charge >= 0.3 is 0 Å². The molecule has 5 heteroatoms. The summed E-state index contributed by atoms with van der Waals surface area (Å²) < 4.78 is 14.7. The van der Waals surface area contributed by atoms with Gasteiger partial charge in [-0.1, -0.05) is 12.1 Å². The molecule has 3 rings (SSSR count). The number of hydrogen-bond donors (Lipinski definition) is 1. The van der Waals surface area contributed by atoms with E-state index in [0.717, 1.165) is 38.6 Å². The van der Waals surface area contributed by atoms with Gasteiger partial charge in [-0.3, -0.25) is 0 Å². The standard InChI is InChI=1S/C15H14BrFN2S/c1-9-12(5-6-14(16)18-9)19-13-7-8-20-15-10(13)3-2-4-11(15)17/h2-6,13,19H,7-8H2,1H3. The second-order valence-electron chi connectivity index (χ2n) is 4.76. The molecule has 1 atom stereocenters. The smallest absolute Gasteiger partial charge is 0.137 e. The van der Waals surface area contributed by atoms with E-state index in [2.05, 4.69) is 26.2 Å². The quantitative estimate of drug-likeness (QED) is 0.774. The predicted octanol–water partition coefficient (Wildman–Crippen LogP) is 4.94. The number of benzene rings is 1. The summed E-state index contributed by atoms with van der Waals surface area (Å²) in [5, 5.41) is 3.50. The molecule has 1 N–H and O–H groups in total. The van der Waals surface area contributed by atoms with E-state index in [-0.39, 0.29) is 11.9 Å². The van der Waals surface area contributed by atoms with Crippen LogP contribution in [0.2, 0.25) is 0 Å². The molecule has 0 saturated carbocycles. The highest BCUT2D eigenvalue weighted by Gasteiger charge is 2.23. The second-order valence-corrected chi connectivity index (χ2v) is 6.68. The Balaban J connectivity index is 1.91. The Morgan fingerprint density at radius 2 is 2.20 bits per heavy atom. The van der Waals surface area contributed by atoms with E-state index in [4.69, 9.17) is 0 Å². The van der Waals surface area contributed by atoms with Crippen LogP contribution in [0, 0.1) is 12.7 Å². The van der Waals surface area contributed by atoms with Crippen molar-refractivity contribution in [2.75, 3.05) is 11.1 Å². The Hall–Kier alpha value is -1.07. The molecule has 1 aromatic heterocycles. The Morgan fingerprint density at radius 3 is 3.00 bits per heavy atom. The summed E-state index contributed by atoms with van der Waals surface area (Å²) in [7, 11) is 0. The number of hydrogen-bond acceptors (Lipinski definition) is 3. The van der Waals surface area contributed by atoms with Crippen molar-refractivity contribution in [2.24, 2.45) is 0 Å². The first-order chi connectivity index (χ1) is 9.65. The van der Waals surface area contributed by atoms with Gasteiger partial charge in [0.2, 0.25) is 0 Å². The molecule has 2 heterocycles. The summed E-state index contributed by atoms with van der Waals surface area (Å²) in [6.45, 7) is 1.97. The first-order valence-corrected chi connectivity index (χ1v) is 8.24. The van der Waals surface area contributed by atoms with Gasteiger partial charge in [-0.05, 0) is 53.0 Å². The molecule has 0 amide bonds.